The minimum Gasteiger partial charge on any atom is -0.392 e. The summed E-state index contributed by atoms with van der Waals surface area (Å²) >= 11 is 1.20. The molecule has 0 aliphatic heterocycles. The number of aliphatic hydroxyl groups excluding tert-OH is 1. The molecule has 0 aliphatic carbocycles. The summed E-state index contributed by atoms with van der Waals surface area (Å²) in [6.45, 7) is -0.194. The number of hydrogen-bond acceptors (Lipinski definition) is 5. The van der Waals surface area contributed by atoms with Gasteiger partial charge in [0, 0.05) is 11.6 Å². The zero-order valence-corrected chi connectivity index (χ0v) is 10.3. The van der Waals surface area contributed by atoms with Crippen molar-refractivity contribution >= 4 is 26.5 Å². The first-order chi connectivity index (χ1) is 8.12. The molecular weight excluding hydrogens is 260 g/mol. The van der Waals surface area contributed by atoms with Crippen LogP contribution in [0.1, 0.15) is 5.56 Å². The molecule has 7 heteroatoms. The summed E-state index contributed by atoms with van der Waals surface area (Å²) in [5, 5.41) is 11.0. The molecule has 2 aromatic rings. The van der Waals surface area contributed by atoms with Crippen LogP contribution in [-0.4, -0.2) is 18.5 Å². The lowest BCUT2D eigenvalue weighted by Crippen LogP contribution is -2.12. The fraction of sp³-hybridized carbons (Fsp3) is 0.100. The molecule has 0 spiro atoms. The number of anilines is 1. The number of aliphatic hydroxyl groups is 1. The Kier molecular flexibility index (Phi) is 3.41. The van der Waals surface area contributed by atoms with Crippen molar-refractivity contribution in [3.05, 3.63) is 41.4 Å². The SMILES string of the molecule is O=S(=O)(Nc1nccs1)c1cccc(CO)c1. The van der Waals surface area contributed by atoms with E-state index in [9.17, 15) is 8.42 Å². The quantitative estimate of drug-likeness (QED) is 0.881. The zero-order chi connectivity index (χ0) is 12.3. The van der Waals surface area contributed by atoms with E-state index in [0.717, 1.165) is 0 Å². The topological polar surface area (TPSA) is 79.3 Å². The second-order valence-corrected chi connectivity index (χ2v) is 5.83. The van der Waals surface area contributed by atoms with Crippen molar-refractivity contribution in [3.63, 3.8) is 0 Å². The molecule has 17 heavy (non-hydrogen) atoms. The van der Waals surface area contributed by atoms with Gasteiger partial charge in [-0.3, -0.25) is 4.72 Å². The minimum absolute atomic E-state index is 0.110. The number of nitrogens with one attached hydrogen (secondary N) is 1. The van der Waals surface area contributed by atoms with Gasteiger partial charge in [-0.1, -0.05) is 12.1 Å². The van der Waals surface area contributed by atoms with Crippen molar-refractivity contribution < 1.29 is 13.5 Å². The van der Waals surface area contributed by atoms with Crippen molar-refractivity contribution in [2.45, 2.75) is 11.5 Å². The van der Waals surface area contributed by atoms with Crippen molar-refractivity contribution in [3.8, 4) is 0 Å². The summed E-state index contributed by atoms with van der Waals surface area (Å²) in [6.07, 6.45) is 1.52. The third-order valence-corrected chi connectivity index (χ3v) is 4.20. The maximum atomic E-state index is 11.9. The molecule has 0 saturated heterocycles. The molecule has 5 nitrogen and oxygen atoms in total. The first-order valence-corrected chi connectivity index (χ1v) is 7.10. The summed E-state index contributed by atoms with van der Waals surface area (Å²) in [4.78, 5) is 3.96. The van der Waals surface area contributed by atoms with Gasteiger partial charge < -0.3 is 5.11 Å². The number of rotatable bonds is 4. The molecule has 0 bridgehead atoms. The van der Waals surface area contributed by atoms with Crippen LogP contribution in [-0.2, 0) is 16.6 Å². The Labute approximate surface area is 103 Å². The van der Waals surface area contributed by atoms with Crippen molar-refractivity contribution in [2.24, 2.45) is 0 Å². The average Bonchev–Trinajstić information content (AvgIpc) is 2.81. The molecule has 0 fully saturated rings. The molecule has 0 radical (unpaired) electrons. The third kappa shape index (κ3) is 2.82. The molecule has 0 unspecified atom stereocenters. The zero-order valence-electron chi connectivity index (χ0n) is 8.70. The van der Waals surface area contributed by atoms with Gasteiger partial charge in [0.25, 0.3) is 10.0 Å². The van der Waals surface area contributed by atoms with E-state index in [2.05, 4.69) is 9.71 Å². The second-order valence-electron chi connectivity index (χ2n) is 3.25. The highest BCUT2D eigenvalue weighted by molar-refractivity contribution is 7.93. The summed E-state index contributed by atoms with van der Waals surface area (Å²) < 4.78 is 26.2. The monoisotopic (exact) mass is 270 g/mol. The van der Waals surface area contributed by atoms with Crippen LogP contribution < -0.4 is 4.72 Å². The van der Waals surface area contributed by atoms with Gasteiger partial charge >= 0.3 is 0 Å². The van der Waals surface area contributed by atoms with Crippen LogP contribution in [0.15, 0.2) is 40.7 Å². The van der Waals surface area contributed by atoms with Gasteiger partial charge in [0.1, 0.15) is 0 Å². The van der Waals surface area contributed by atoms with Crippen LogP contribution in [0, 0.1) is 0 Å². The van der Waals surface area contributed by atoms with E-state index < -0.39 is 10.0 Å². The van der Waals surface area contributed by atoms with Gasteiger partial charge in [-0.05, 0) is 17.7 Å². The Balaban J connectivity index is 2.31. The Morgan fingerprint density at radius 3 is 2.88 bits per heavy atom. The number of benzene rings is 1. The Hall–Kier alpha value is -1.44. The van der Waals surface area contributed by atoms with Gasteiger partial charge in [-0.25, -0.2) is 13.4 Å². The number of aromatic nitrogens is 1. The summed E-state index contributed by atoms with van der Waals surface area (Å²) in [5.41, 5.74) is 0.548. The molecular formula is C10H10N2O3S2. The standard InChI is InChI=1S/C10H10N2O3S2/c13-7-8-2-1-3-9(6-8)17(14,15)12-10-11-4-5-16-10/h1-6,13H,7H2,(H,11,12). The van der Waals surface area contributed by atoms with Gasteiger partial charge in [0.15, 0.2) is 5.13 Å². The second kappa shape index (κ2) is 4.82. The molecule has 1 aromatic carbocycles. The number of nitrogens with zero attached hydrogens (tertiary/aromatic N) is 1. The van der Waals surface area contributed by atoms with Crippen LogP contribution in [0.5, 0.6) is 0 Å². The Bertz CT molecular complexity index is 594. The van der Waals surface area contributed by atoms with E-state index in [0.29, 0.717) is 10.7 Å². The Morgan fingerprint density at radius 2 is 2.24 bits per heavy atom. The van der Waals surface area contributed by atoms with Crippen LogP contribution in [0.2, 0.25) is 0 Å². The smallest absolute Gasteiger partial charge is 0.263 e. The van der Waals surface area contributed by atoms with Gasteiger partial charge in [0.2, 0.25) is 0 Å². The van der Waals surface area contributed by atoms with Crippen molar-refractivity contribution in [2.75, 3.05) is 4.72 Å². The van der Waals surface area contributed by atoms with Gasteiger partial charge in [0.05, 0.1) is 11.5 Å². The molecule has 2 N–H and O–H groups in total. The molecule has 1 heterocycles. The lowest BCUT2D eigenvalue weighted by atomic mass is 10.2. The van der Waals surface area contributed by atoms with E-state index in [1.807, 2.05) is 0 Å². The first kappa shape index (κ1) is 12.0. The molecule has 0 atom stereocenters. The lowest BCUT2D eigenvalue weighted by Gasteiger charge is -2.06. The fourth-order valence-corrected chi connectivity index (χ4v) is 3.12. The lowest BCUT2D eigenvalue weighted by molar-refractivity contribution is 0.281. The van der Waals surface area contributed by atoms with Crippen molar-refractivity contribution in [1.29, 1.82) is 0 Å². The molecule has 0 aliphatic rings. The van der Waals surface area contributed by atoms with Crippen LogP contribution >= 0.6 is 11.3 Å². The number of hydrogen-bond donors (Lipinski definition) is 2. The number of sulfonamides is 1. The summed E-state index contributed by atoms with van der Waals surface area (Å²) in [5.74, 6) is 0. The van der Waals surface area contributed by atoms with Crippen LogP contribution in [0.25, 0.3) is 0 Å². The summed E-state index contributed by atoms with van der Waals surface area (Å²) in [7, 11) is -3.63. The molecule has 1 aromatic heterocycles. The first-order valence-electron chi connectivity index (χ1n) is 4.74. The van der Waals surface area contributed by atoms with E-state index in [-0.39, 0.29) is 11.5 Å². The van der Waals surface area contributed by atoms with Crippen molar-refractivity contribution in [1.82, 2.24) is 4.98 Å². The highest BCUT2D eigenvalue weighted by Crippen LogP contribution is 2.18. The summed E-state index contributed by atoms with van der Waals surface area (Å²) in [6, 6.07) is 6.13. The highest BCUT2D eigenvalue weighted by atomic mass is 32.2. The predicted molar refractivity (Wildman–Crippen MR) is 65.3 cm³/mol. The highest BCUT2D eigenvalue weighted by Gasteiger charge is 2.15. The minimum atomic E-state index is -3.63. The Morgan fingerprint density at radius 1 is 1.41 bits per heavy atom. The normalized spacial score (nSPS) is 11.4. The van der Waals surface area contributed by atoms with Crippen LogP contribution in [0.3, 0.4) is 0 Å². The maximum absolute atomic E-state index is 11.9. The average molecular weight is 270 g/mol. The van der Waals surface area contributed by atoms with E-state index >= 15 is 0 Å². The predicted octanol–water partition coefficient (Wildman–Crippen LogP) is 1.44. The molecule has 2 rings (SSSR count). The van der Waals surface area contributed by atoms with Gasteiger partial charge in [-0.15, -0.1) is 11.3 Å². The molecule has 90 valence electrons. The largest absolute Gasteiger partial charge is 0.392 e. The molecule has 0 amide bonds. The fourth-order valence-electron chi connectivity index (χ4n) is 1.26. The maximum Gasteiger partial charge on any atom is 0.263 e. The van der Waals surface area contributed by atoms with E-state index in [1.54, 1.807) is 17.5 Å². The van der Waals surface area contributed by atoms with Gasteiger partial charge in [-0.2, -0.15) is 0 Å². The number of thiazole rings is 1. The van der Waals surface area contributed by atoms with Crippen LogP contribution in [0.4, 0.5) is 5.13 Å². The molecule has 0 saturated carbocycles. The van der Waals surface area contributed by atoms with E-state index in [4.69, 9.17) is 5.11 Å². The van der Waals surface area contributed by atoms with E-state index in [1.165, 1.54) is 29.7 Å². The third-order valence-electron chi connectivity index (χ3n) is 2.05.